The Labute approximate surface area is 189 Å². The van der Waals surface area contributed by atoms with Crippen LogP contribution in [0.15, 0.2) is 53.4 Å². The molecule has 0 bridgehead atoms. The molecule has 0 aromatic heterocycles. The first kappa shape index (κ1) is 22.9. The number of piperidine rings is 1. The predicted molar refractivity (Wildman–Crippen MR) is 121 cm³/mol. The molecule has 8 heteroatoms. The van der Waals surface area contributed by atoms with Crippen LogP contribution in [-0.2, 0) is 21.4 Å². The number of sulfonamides is 1. The highest BCUT2D eigenvalue weighted by Crippen LogP contribution is 2.26. The van der Waals surface area contributed by atoms with E-state index in [2.05, 4.69) is 30.0 Å². The molecule has 32 heavy (non-hydrogen) atoms. The van der Waals surface area contributed by atoms with Crippen molar-refractivity contribution in [1.29, 1.82) is 0 Å². The summed E-state index contributed by atoms with van der Waals surface area (Å²) in [6.07, 6.45) is 1.34. The molecular formula is C24H30FN3O3S. The van der Waals surface area contributed by atoms with Crippen molar-refractivity contribution < 1.29 is 17.6 Å². The predicted octanol–water partition coefficient (Wildman–Crippen LogP) is 2.88. The molecule has 0 radical (unpaired) electrons. The molecule has 2 aromatic rings. The van der Waals surface area contributed by atoms with Gasteiger partial charge in [-0.3, -0.25) is 9.69 Å². The number of hydrogen-bond acceptors (Lipinski definition) is 4. The van der Waals surface area contributed by atoms with Crippen molar-refractivity contribution in [2.24, 2.45) is 5.92 Å². The summed E-state index contributed by atoms with van der Waals surface area (Å²) >= 11 is 0. The molecule has 0 unspecified atom stereocenters. The zero-order chi connectivity index (χ0) is 22.7. The molecule has 2 heterocycles. The standard InChI is InChI=1S/C24H30FN3O3S/c1-19-5-2-3-6-20(19)17-26-13-15-27(16-14-26)24(29)21-7-4-12-28(18-21)32(30,31)23-10-8-22(25)9-11-23/h2-3,5-6,8-11,21H,4,7,12-18H2,1H3/t21-/m0/s1. The van der Waals surface area contributed by atoms with Crippen LogP contribution in [0.3, 0.4) is 0 Å². The summed E-state index contributed by atoms with van der Waals surface area (Å²) < 4.78 is 40.5. The third kappa shape index (κ3) is 5.03. The highest BCUT2D eigenvalue weighted by Gasteiger charge is 2.35. The second-order valence-electron chi connectivity index (χ2n) is 8.68. The van der Waals surface area contributed by atoms with E-state index in [-0.39, 0.29) is 23.3 Å². The van der Waals surface area contributed by atoms with E-state index in [0.29, 0.717) is 32.5 Å². The lowest BCUT2D eigenvalue weighted by atomic mass is 9.97. The summed E-state index contributed by atoms with van der Waals surface area (Å²) in [7, 11) is -3.74. The maximum Gasteiger partial charge on any atom is 0.243 e. The van der Waals surface area contributed by atoms with Crippen LogP contribution in [-0.4, -0.2) is 67.7 Å². The van der Waals surface area contributed by atoms with Crippen LogP contribution in [0.2, 0.25) is 0 Å². The summed E-state index contributed by atoms with van der Waals surface area (Å²) in [5.41, 5.74) is 2.58. The van der Waals surface area contributed by atoms with E-state index in [9.17, 15) is 17.6 Å². The molecule has 2 saturated heterocycles. The fourth-order valence-corrected chi connectivity index (χ4v) is 6.05. The van der Waals surface area contributed by atoms with Crippen molar-refractivity contribution in [1.82, 2.24) is 14.1 Å². The fraction of sp³-hybridized carbons (Fsp3) is 0.458. The van der Waals surface area contributed by atoms with Crippen LogP contribution in [0.5, 0.6) is 0 Å². The topological polar surface area (TPSA) is 60.9 Å². The Morgan fingerprint density at radius 3 is 2.38 bits per heavy atom. The molecule has 2 fully saturated rings. The molecule has 1 amide bonds. The first-order chi connectivity index (χ1) is 15.3. The van der Waals surface area contributed by atoms with Crippen LogP contribution < -0.4 is 0 Å². The van der Waals surface area contributed by atoms with E-state index in [1.807, 2.05) is 11.0 Å². The van der Waals surface area contributed by atoms with Gasteiger partial charge in [-0.1, -0.05) is 24.3 Å². The van der Waals surface area contributed by atoms with Gasteiger partial charge < -0.3 is 4.90 Å². The lowest BCUT2D eigenvalue weighted by Gasteiger charge is -2.38. The molecule has 0 spiro atoms. The summed E-state index contributed by atoms with van der Waals surface area (Å²) in [4.78, 5) is 17.5. The molecule has 0 saturated carbocycles. The van der Waals surface area contributed by atoms with Gasteiger partial charge in [0.25, 0.3) is 0 Å². The van der Waals surface area contributed by atoms with E-state index in [4.69, 9.17) is 0 Å². The fourth-order valence-electron chi connectivity index (χ4n) is 4.53. The Hall–Kier alpha value is -2.29. The number of amides is 1. The molecule has 0 N–H and O–H groups in total. The Kier molecular flexibility index (Phi) is 6.93. The maximum absolute atomic E-state index is 13.2. The second-order valence-corrected chi connectivity index (χ2v) is 10.6. The molecule has 1 atom stereocenters. The largest absolute Gasteiger partial charge is 0.340 e. The van der Waals surface area contributed by atoms with Crippen molar-refractivity contribution >= 4 is 15.9 Å². The van der Waals surface area contributed by atoms with Gasteiger partial charge in [0, 0.05) is 45.8 Å². The van der Waals surface area contributed by atoms with E-state index in [1.54, 1.807) is 0 Å². The smallest absolute Gasteiger partial charge is 0.243 e. The van der Waals surface area contributed by atoms with Gasteiger partial charge in [-0.15, -0.1) is 0 Å². The van der Waals surface area contributed by atoms with E-state index < -0.39 is 15.8 Å². The zero-order valence-electron chi connectivity index (χ0n) is 18.4. The highest BCUT2D eigenvalue weighted by atomic mass is 32.2. The minimum atomic E-state index is -3.74. The quantitative estimate of drug-likeness (QED) is 0.690. The van der Waals surface area contributed by atoms with Crippen LogP contribution in [0.1, 0.15) is 24.0 Å². The van der Waals surface area contributed by atoms with Crippen LogP contribution >= 0.6 is 0 Å². The summed E-state index contributed by atoms with van der Waals surface area (Å²) in [5.74, 6) is -0.765. The van der Waals surface area contributed by atoms with Gasteiger partial charge in [0.2, 0.25) is 15.9 Å². The lowest BCUT2D eigenvalue weighted by Crippen LogP contribution is -2.52. The minimum Gasteiger partial charge on any atom is -0.340 e. The molecule has 4 rings (SSSR count). The van der Waals surface area contributed by atoms with E-state index >= 15 is 0 Å². The van der Waals surface area contributed by atoms with Crippen molar-refractivity contribution in [2.75, 3.05) is 39.3 Å². The summed E-state index contributed by atoms with van der Waals surface area (Å²) in [6.45, 7) is 6.49. The number of piperazine rings is 1. The average Bonchev–Trinajstić information content (AvgIpc) is 2.81. The maximum atomic E-state index is 13.2. The van der Waals surface area contributed by atoms with Crippen molar-refractivity contribution in [3.8, 4) is 0 Å². The van der Waals surface area contributed by atoms with Crippen LogP contribution in [0.25, 0.3) is 0 Å². The summed E-state index contributed by atoms with van der Waals surface area (Å²) in [5, 5.41) is 0. The third-order valence-corrected chi connectivity index (χ3v) is 8.40. The van der Waals surface area contributed by atoms with E-state index in [1.165, 1.54) is 27.6 Å². The number of carbonyl (C=O) groups excluding carboxylic acids is 1. The number of hydrogen-bond donors (Lipinski definition) is 0. The Bertz CT molecular complexity index is 1050. The lowest BCUT2D eigenvalue weighted by molar-refractivity contribution is -0.138. The average molecular weight is 460 g/mol. The SMILES string of the molecule is Cc1ccccc1CN1CCN(C(=O)[C@H]2CCCN(S(=O)(=O)c3ccc(F)cc3)C2)CC1. The highest BCUT2D eigenvalue weighted by molar-refractivity contribution is 7.89. The van der Waals surface area contributed by atoms with Crippen molar-refractivity contribution in [3.05, 3.63) is 65.5 Å². The molecule has 2 aliphatic rings. The molecule has 6 nitrogen and oxygen atoms in total. The number of aryl methyl sites for hydroxylation is 1. The molecule has 0 aliphatic carbocycles. The van der Waals surface area contributed by atoms with Gasteiger partial charge in [0.15, 0.2) is 0 Å². The molecule has 172 valence electrons. The van der Waals surface area contributed by atoms with Gasteiger partial charge in [-0.25, -0.2) is 12.8 Å². The Morgan fingerprint density at radius 2 is 1.69 bits per heavy atom. The normalized spacial score (nSPS) is 20.9. The van der Waals surface area contributed by atoms with Gasteiger partial charge in [-0.2, -0.15) is 4.31 Å². The van der Waals surface area contributed by atoms with Crippen LogP contribution in [0.4, 0.5) is 4.39 Å². The van der Waals surface area contributed by atoms with Gasteiger partial charge in [0.05, 0.1) is 10.8 Å². The first-order valence-electron chi connectivity index (χ1n) is 11.2. The number of benzene rings is 2. The van der Waals surface area contributed by atoms with Gasteiger partial charge in [-0.05, 0) is 55.2 Å². The number of halogens is 1. The number of nitrogens with zero attached hydrogens (tertiary/aromatic N) is 3. The van der Waals surface area contributed by atoms with Crippen LogP contribution in [0, 0.1) is 18.7 Å². The van der Waals surface area contributed by atoms with E-state index in [0.717, 1.165) is 31.8 Å². The van der Waals surface area contributed by atoms with Gasteiger partial charge >= 0.3 is 0 Å². The number of carbonyl (C=O) groups is 1. The molecule has 2 aromatic carbocycles. The zero-order valence-corrected chi connectivity index (χ0v) is 19.2. The van der Waals surface area contributed by atoms with Crippen molar-refractivity contribution in [2.45, 2.75) is 31.2 Å². The van der Waals surface area contributed by atoms with Gasteiger partial charge in [0.1, 0.15) is 5.82 Å². The molecule has 2 aliphatic heterocycles. The third-order valence-electron chi connectivity index (χ3n) is 6.52. The Morgan fingerprint density at radius 1 is 1.00 bits per heavy atom. The summed E-state index contributed by atoms with van der Waals surface area (Å²) in [6, 6.07) is 13.2. The number of rotatable bonds is 5. The molecular weight excluding hydrogens is 429 g/mol. The second kappa shape index (κ2) is 9.68. The minimum absolute atomic E-state index is 0.0412. The Balaban J connectivity index is 1.34. The monoisotopic (exact) mass is 459 g/mol. The van der Waals surface area contributed by atoms with Crippen molar-refractivity contribution in [3.63, 3.8) is 0 Å². The first-order valence-corrected chi connectivity index (χ1v) is 12.6.